The van der Waals surface area contributed by atoms with Crippen molar-refractivity contribution < 1.29 is 24.9 Å². The minimum absolute atomic E-state index is 0.0165. The van der Waals surface area contributed by atoms with E-state index in [9.17, 15) is 19.5 Å². The van der Waals surface area contributed by atoms with Gasteiger partial charge in [-0.05, 0) is 36.6 Å². The van der Waals surface area contributed by atoms with Crippen LogP contribution in [-0.2, 0) is 9.59 Å². The molecule has 2 aromatic carbocycles. The van der Waals surface area contributed by atoms with Gasteiger partial charge in [0.2, 0.25) is 0 Å². The molecule has 1 atom stereocenters. The van der Waals surface area contributed by atoms with Crippen molar-refractivity contribution in [2.24, 2.45) is 5.41 Å². The van der Waals surface area contributed by atoms with Crippen LogP contribution in [0.25, 0.3) is 0 Å². The Morgan fingerprint density at radius 3 is 2.26 bits per heavy atom. The minimum atomic E-state index is -0.474. The topological polar surface area (TPSA) is 119 Å². The number of anilines is 2. The highest BCUT2D eigenvalue weighted by molar-refractivity contribution is 6.13. The number of nitrogens with zero attached hydrogens (tertiary/aromatic N) is 2. The molecule has 3 amide bonds. The number of nitrogens with one attached hydrogen (secondary N) is 2. The molecule has 0 saturated carbocycles. The predicted octanol–water partition coefficient (Wildman–Crippen LogP) is 1.79. The molecule has 180 valence electrons. The molecule has 34 heavy (non-hydrogen) atoms. The molecule has 1 aliphatic heterocycles. The van der Waals surface area contributed by atoms with E-state index >= 15 is 0 Å². The van der Waals surface area contributed by atoms with Crippen LogP contribution in [0.3, 0.4) is 0 Å². The molecule has 5 N–H and O–H groups in total. The maximum Gasteiger partial charge on any atom is 0.385 e. The second-order valence-corrected chi connectivity index (χ2v) is 9.51. The molecule has 0 fully saturated rings. The number of hydrogen-bond donors (Lipinski definition) is 4. The molecule has 9 nitrogen and oxygen atoms in total. The summed E-state index contributed by atoms with van der Waals surface area (Å²) in [5.74, 6) is -1.56. The largest absolute Gasteiger partial charge is 0.505 e. The second-order valence-electron chi connectivity index (χ2n) is 9.51. The predicted molar refractivity (Wildman–Crippen MR) is 130 cm³/mol. The molecule has 0 aromatic heterocycles. The summed E-state index contributed by atoms with van der Waals surface area (Å²) in [6.45, 7) is 8.00. The number of primary amides is 1. The summed E-state index contributed by atoms with van der Waals surface area (Å²) in [7, 11) is 3.16. The lowest BCUT2D eigenvalue weighted by molar-refractivity contribution is -0.569. The normalized spacial score (nSPS) is 15.3. The van der Waals surface area contributed by atoms with Crippen molar-refractivity contribution in [3.63, 3.8) is 0 Å². The van der Waals surface area contributed by atoms with Crippen LogP contribution in [0.1, 0.15) is 38.1 Å². The quantitative estimate of drug-likeness (QED) is 0.293. The first kappa shape index (κ1) is 24.8. The number of nitrogens with two attached hydrogens (primary N) is 1. The van der Waals surface area contributed by atoms with Crippen molar-refractivity contribution in [1.29, 1.82) is 0 Å². The number of hydrogen-bond acceptors (Lipinski definition) is 6. The van der Waals surface area contributed by atoms with E-state index in [0.29, 0.717) is 5.69 Å². The molecule has 0 saturated heterocycles. The second kappa shape index (κ2) is 9.56. The summed E-state index contributed by atoms with van der Waals surface area (Å²) in [4.78, 5) is 40.6. The highest BCUT2D eigenvalue weighted by Gasteiger charge is 2.40. The van der Waals surface area contributed by atoms with E-state index in [4.69, 9.17) is 0 Å². The van der Waals surface area contributed by atoms with Crippen molar-refractivity contribution in [3.8, 4) is 5.75 Å². The van der Waals surface area contributed by atoms with Crippen LogP contribution < -0.4 is 21.1 Å². The molecule has 0 aliphatic carbocycles. The Morgan fingerprint density at radius 2 is 1.68 bits per heavy atom. The van der Waals surface area contributed by atoms with Crippen LogP contribution in [0.15, 0.2) is 59.9 Å². The van der Waals surface area contributed by atoms with Crippen molar-refractivity contribution >= 4 is 29.1 Å². The lowest BCUT2D eigenvalue weighted by Crippen LogP contribution is -3.01. The van der Waals surface area contributed by atoms with E-state index in [1.165, 1.54) is 21.4 Å². The number of rotatable bonds is 6. The molecule has 1 heterocycles. The molecule has 0 spiro atoms. The molecule has 0 radical (unpaired) electrons. The van der Waals surface area contributed by atoms with E-state index in [2.05, 4.69) is 10.6 Å². The first-order valence-electron chi connectivity index (χ1n) is 11.0. The Balaban J connectivity index is 2.10. The Kier molecular flexibility index (Phi) is 6.97. The van der Waals surface area contributed by atoms with E-state index in [1.807, 2.05) is 33.8 Å². The summed E-state index contributed by atoms with van der Waals surface area (Å²) >= 11 is 0. The van der Waals surface area contributed by atoms with Crippen molar-refractivity contribution in [2.45, 2.75) is 33.7 Å². The smallest absolute Gasteiger partial charge is 0.385 e. The number of carbonyl (C=O) groups excluding carboxylic acids is 3. The zero-order chi connectivity index (χ0) is 25.2. The Hall–Kier alpha value is -3.85. The van der Waals surface area contributed by atoms with Crippen molar-refractivity contribution in [2.75, 3.05) is 24.4 Å². The average molecular weight is 467 g/mol. The van der Waals surface area contributed by atoms with E-state index in [1.54, 1.807) is 50.5 Å². The van der Waals surface area contributed by atoms with Gasteiger partial charge < -0.3 is 20.6 Å². The SMILES string of the molecule is C[C@H](NC1=C(Nc2cccc(C(=O)N(C)C)c2O)C(=O)N(c2ccccc2)[NH2+]C1=O)C(C)(C)C. The number of phenols is 1. The third-order valence-electron chi connectivity index (χ3n) is 5.80. The Bertz CT molecular complexity index is 1140. The molecular formula is C25H32N5O4+. The first-order chi connectivity index (χ1) is 15.9. The van der Waals surface area contributed by atoms with Crippen molar-refractivity contribution in [1.82, 2.24) is 10.2 Å². The number of phenolic OH excluding ortho intramolecular Hbond substituents is 1. The van der Waals surface area contributed by atoms with Gasteiger partial charge in [-0.3, -0.25) is 9.59 Å². The van der Waals surface area contributed by atoms with Gasteiger partial charge in [-0.15, -0.1) is 5.01 Å². The van der Waals surface area contributed by atoms with Gasteiger partial charge in [-0.25, -0.2) is 4.79 Å². The van der Waals surface area contributed by atoms with E-state index in [-0.39, 0.29) is 51.7 Å². The highest BCUT2D eigenvalue weighted by atomic mass is 16.3. The molecule has 9 heteroatoms. The van der Waals surface area contributed by atoms with Gasteiger partial charge in [0.1, 0.15) is 5.70 Å². The molecular weight excluding hydrogens is 434 g/mol. The van der Waals surface area contributed by atoms with Gasteiger partial charge >= 0.3 is 11.8 Å². The molecule has 0 bridgehead atoms. The average Bonchev–Trinajstić information content (AvgIpc) is 2.78. The maximum absolute atomic E-state index is 13.6. The molecule has 3 rings (SSSR count). The van der Waals surface area contributed by atoms with Crippen LogP contribution in [0.2, 0.25) is 0 Å². The van der Waals surface area contributed by atoms with Gasteiger partial charge in [-0.2, -0.15) is 5.43 Å². The fraction of sp³-hybridized carbons (Fsp3) is 0.320. The first-order valence-corrected chi connectivity index (χ1v) is 11.0. The van der Waals surface area contributed by atoms with Gasteiger partial charge in [0, 0.05) is 20.1 Å². The summed E-state index contributed by atoms with van der Waals surface area (Å²) in [6, 6.07) is 13.3. The van der Waals surface area contributed by atoms with E-state index < -0.39 is 5.91 Å². The lowest BCUT2D eigenvalue weighted by Gasteiger charge is -2.32. The Labute approximate surface area is 199 Å². The fourth-order valence-corrected chi connectivity index (χ4v) is 3.26. The summed E-state index contributed by atoms with van der Waals surface area (Å²) in [6.07, 6.45) is 0. The highest BCUT2D eigenvalue weighted by Crippen LogP contribution is 2.31. The van der Waals surface area contributed by atoms with Crippen LogP contribution in [0.5, 0.6) is 5.75 Å². The molecule has 1 aliphatic rings. The monoisotopic (exact) mass is 466 g/mol. The minimum Gasteiger partial charge on any atom is -0.505 e. The van der Waals surface area contributed by atoms with Crippen LogP contribution in [0.4, 0.5) is 11.4 Å². The van der Waals surface area contributed by atoms with Gasteiger partial charge in [-0.1, -0.05) is 45.0 Å². The van der Waals surface area contributed by atoms with Crippen LogP contribution in [0, 0.1) is 5.41 Å². The van der Waals surface area contributed by atoms with Crippen molar-refractivity contribution in [3.05, 3.63) is 65.5 Å². The van der Waals surface area contributed by atoms with Crippen LogP contribution in [-0.4, -0.2) is 47.9 Å². The number of benzene rings is 2. The van der Waals surface area contributed by atoms with Gasteiger partial charge in [0.15, 0.2) is 11.4 Å². The number of aromatic hydroxyl groups is 1. The zero-order valence-electron chi connectivity index (χ0n) is 20.3. The number of carbonyl (C=O) groups is 3. The third kappa shape index (κ3) is 5.04. The molecule has 2 aromatic rings. The molecule has 0 unspecified atom stereocenters. The fourth-order valence-electron chi connectivity index (χ4n) is 3.26. The maximum atomic E-state index is 13.6. The summed E-state index contributed by atoms with van der Waals surface area (Å²) in [5.41, 5.74) is 1.89. The summed E-state index contributed by atoms with van der Waals surface area (Å²) < 4.78 is 0. The van der Waals surface area contributed by atoms with Crippen LogP contribution >= 0.6 is 0 Å². The zero-order valence-corrected chi connectivity index (χ0v) is 20.3. The number of quaternary nitrogens is 1. The number of amides is 3. The lowest BCUT2D eigenvalue weighted by atomic mass is 9.88. The Morgan fingerprint density at radius 1 is 1.03 bits per heavy atom. The number of para-hydroxylation sites is 2. The standard InChI is InChI=1S/C25H31N5O4/c1-15(25(2,3)4)26-19-20(24(34)30(28-22(19)32)16-11-8-7-9-12-16)27-18-14-10-13-17(21(18)31)23(33)29(5)6/h7-15,26-27,31H,1-6H3,(H,28,32)/p+1/t15-/m0/s1. The third-order valence-corrected chi connectivity index (χ3v) is 5.80. The van der Waals surface area contributed by atoms with E-state index in [0.717, 1.165) is 0 Å². The van der Waals surface area contributed by atoms with Gasteiger partial charge in [0.05, 0.1) is 16.9 Å². The summed E-state index contributed by atoms with van der Waals surface area (Å²) in [5, 5.41) is 18.2. The van der Waals surface area contributed by atoms with Gasteiger partial charge in [0.25, 0.3) is 5.91 Å².